The summed E-state index contributed by atoms with van der Waals surface area (Å²) in [6.45, 7) is 3.18. The van der Waals surface area contributed by atoms with Gasteiger partial charge in [-0.05, 0) is 65.2 Å². The van der Waals surface area contributed by atoms with Gasteiger partial charge in [0.1, 0.15) is 5.76 Å². The highest BCUT2D eigenvalue weighted by Crippen LogP contribution is 2.62. The Morgan fingerprint density at radius 2 is 2.19 bits per heavy atom. The molecule has 1 aromatic heterocycles. The van der Waals surface area contributed by atoms with Gasteiger partial charge < -0.3 is 9.73 Å². The first-order chi connectivity index (χ1) is 7.81. The van der Waals surface area contributed by atoms with Crippen LogP contribution < -0.4 is 5.32 Å². The van der Waals surface area contributed by atoms with Crippen molar-refractivity contribution in [2.75, 3.05) is 6.54 Å². The number of nitrogens with one attached hydrogen (secondary N) is 1. The van der Waals surface area contributed by atoms with Crippen LogP contribution in [0.25, 0.3) is 0 Å². The smallest absolute Gasteiger partial charge is 0.169 e. The SMILES string of the molecule is CCNC(c1ccc(Br)o1)C1C2CCCC21. The van der Waals surface area contributed by atoms with Crippen molar-refractivity contribution in [2.24, 2.45) is 17.8 Å². The highest BCUT2D eigenvalue weighted by Gasteiger charge is 2.56. The minimum Gasteiger partial charge on any atom is -0.453 e. The van der Waals surface area contributed by atoms with Gasteiger partial charge in [0.05, 0.1) is 6.04 Å². The second kappa shape index (κ2) is 4.19. The Morgan fingerprint density at radius 1 is 1.44 bits per heavy atom. The van der Waals surface area contributed by atoms with Crippen LogP contribution in [0.2, 0.25) is 0 Å². The Hall–Kier alpha value is -0.280. The fourth-order valence-electron chi connectivity index (χ4n) is 3.51. The monoisotopic (exact) mass is 283 g/mol. The molecule has 3 atom stereocenters. The Morgan fingerprint density at radius 3 is 2.75 bits per heavy atom. The molecule has 1 heterocycles. The van der Waals surface area contributed by atoms with Crippen molar-refractivity contribution < 1.29 is 4.42 Å². The second-order valence-electron chi connectivity index (χ2n) is 5.01. The lowest BCUT2D eigenvalue weighted by molar-refractivity contribution is 0.348. The number of hydrogen-bond acceptors (Lipinski definition) is 2. The molecule has 88 valence electrons. The summed E-state index contributed by atoms with van der Waals surface area (Å²) in [7, 11) is 0. The average Bonchev–Trinajstić information content (AvgIpc) is 2.70. The molecule has 3 rings (SSSR count). The Bertz CT molecular complexity index is 366. The second-order valence-corrected chi connectivity index (χ2v) is 5.79. The number of rotatable bonds is 4. The molecule has 2 fully saturated rings. The molecule has 1 N–H and O–H groups in total. The lowest BCUT2D eigenvalue weighted by Crippen LogP contribution is -2.24. The van der Waals surface area contributed by atoms with Crippen LogP contribution in [0.3, 0.4) is 0 Å². The van der Waals surface area contributed by atoms with Crippen LogP contribution in [-0.2, 0) is 0 Å². The minimum absolute atomic E-state index is 0.437. The Balaban J connectivity index is 1.77. The van der Waals surface area contributed by atoms with E-state index in [9.17, 15) is 0 Å². The zero-order valence-electron chi connectivity index (χ0n) is 9.58. The van der Waals surface area contributed by atoms with Gasteiger partial charge in [-0.25, -0.2) is 0 Å². The van der Waals surface area contributed by atoms with E-state index in [1.54, 1.807) is 0 Å². The van der Waals surface area contributed by atoms with E-state index in [-0.39, 0.29) is 0 Å². The third-order valence-electron chi connectivity index (χ3n) is 4.18. The average molecular weight is 284 g/mol. The molecular weight excluding hydrogens is 266 g/mol. The maximum Gasteiger partial charge on any atom is 0.169 e. The first kappa shape index (κ1) is 10.8. The van der Waals surface area contributed by atoms with Gasteiger partial charge in [0.25, 0.3) is 0 Å². The number of halogens is 1. The summed E-state index contributed by atoms with van der Waals surface area (Å²) in [5.74, 6) is 3.86. The van der Waals surface area contributed by atoms with E-state index in [0.29, 0.717) is 6.04 Å². The van der Waals surface area contributed by atoms with Gasteiger partial charge in [0.15, 0.2) is 4.67 Å². The molecule has 2 aliphatic rings. The molecular formula is C13H18BrNO. The third kappa shape index (κ3) is 1.74. The zero-order valence-corrected chi connectivity index (χ0v) is 11.2. The third-order valence-corrected chi connectivity index (χ3v) is 4.61. The van der Waals surface area contributed by atoms with E-state index < -0.39 is 0 Å². The summed E-state index contributed by atoms with van der Waals surface area (Å²) in [6, 6.07) is 4.54. The van der Waals surface area contributed by atoms with Crippen LogP contribution in [0.1, 0.15) is 38.0 Å². The highest BCUT2D eigenvalue weighted by atomic mass is 79.9. The summed E-state index contributed by atoms with van der Waals surface area (Å²) < 4.78 is 6.56. The van der Waals surface area contributed by atoms with E-state index in [4.69, 9.17) is 4.42 Å². The molecule has 16 heavy (non-hydrogen) atoms. The molecule has 3 heteroatoms. The highest BCUT2D eigenvalue weighted by molar-refractivity contribution is 9.10. The molecule has 0 aromatic carbocycles. The first-order valence-electron chi connectivity index (χ1n) is 6.30. The number of hydrogen-bond donors (Lipinski definition) is 1. The van der Waals surface area contributed by atoms with Gasteiger partial charge in [0, 0.05) is 0 Å². The summed E-state index contributed by atoms with van der Waals surface area (Å²) >= 11 is 3.39. The maximum atomic E-state index is 5.72. The van der Waals surface area contributed by atoms with Crippen LogP contribution in [0, 0.1) is 17.8 Å². The Kier molecular flexibility index (Phi) is 2.84. The van der Waals surface area contributed by atoms with E-state index in [1.165, 1.54) is 19.3 Å². The molecule has 0 saturated heterocycles. The van der Waals surface area contributed by atoms with Crippen molar-refractivity contribution >= 4 is 15.9 Å². The lowest BCUT2D eigenvalue weighted by atomic mass is 10.0. The molecule has 2 nitrogen and oxygen atoms in total. The fraction of sp³-hybridized carbons (Fsp3) is 0.692. The van der Waals surface area contributed by atoms with Gasteiger partial charge in [-0.2, -0.15) is 0 Å². The molecule has 2 saturated carbocycles. The van der Waals surface area contributed by atoms with Crippen LogP contribution in [-0.4, -0.2) is 6.54 Å². The van der Waals surface area contributed by atoms with Gasteiger partial charge >= 0.3 is 0 Å². The van der Waals surface area contributed by atoms with Crippen molar-refractivity contribution in [1.29, 1.82) is 0 Å². The molecule has 0 amide bonds. The van der Waals surface area contributed by atoms with Crippen LogP contribution >= 0.6 is 15.9 Å². The van der Waals surface area contributed by atoms with Crippen molar-refractivity contribution in [3.63, 3.8) is 0 Å². The molecule has 0 aliphatic heterocycles. The fourth-order valence-corrected chi connectivity index (χ4v) is 3.83. The Labute approximate surface area is 105 Å². The van der Waals surface area contributed by atoms with E-state index >= 15 is 0 Å². The van der Waals surface area contributed by atoms with E-state index in [1.807, 2.05) is 6.07 Å². The molecule has 0 spiro atoms. The molecule has 0 bridgehead atoms. The van der Waals surface area contributed by atoms with Gasteiger partial charge in [-0.1, -0.05) is 13.3 Å². The molecule has 2 aliphatic carbocycles. The quantitative estimate of drug-likeness (QED) is 0.911. The normalized spacial score (nSPS) is 33.8. The zero-order chi connectivity index (χ0) is 11.1. The predicted molar refractivity (Wildman–Crippen MR) is 67.1 cm³/mol. The predicted octanol–water partition coefficient (Wildman–Crippen LogP) is 3.74. The summed E-state index contributed by atoms with van der Waals surface area (Å²) in [4.78, 5) is 0. The van der Waals surface area contributed by atoms with Crippen molar-refractivity contribution in [3.8, 4) is 0 Å². The topological polar surface area (TPSA) is 25.2 Å². The van der Waals surface area contributed by atoms with Gasteiger partial charge in [-0.15, -0.1) is 0 Å². The van der Waals surface area contributed by atoms with Crippen molar-refractivity contribution in [2.45, 2.75) is 32.2 Å². The van der Waals surface area contributed by atoms with Crippen molar-refractivity contribution in [3.05, 3.63) is 22.6 Å². The summed E-state index contributed by atoms with van der Waals surface area (Å²) in [5, 5.41) is 3.59. The summed E-state index contributed by atoms with van der Waals surface area (Å²) in [5.41, 5.74) is 0. The standard InChI is InChI=1S/C13H18BrNO/c1-2-15-13(10-6-7-11(14)16-10)12-8-4-3-5-9(8)12/h6-9,12-13,15H,2-5H2,1H3. The lowest BCUT2D eigenvalue weighted by Gasteiger charge is -2.17. The van der Waals surface area contributed by atoms with Gasteiger partial charge in [-0.3, -0.25) is 0 Å². The molecule has 3 unspecified atom stereocenters. The number of fused-ring (bicyclic) bond motifs is 1. The summed E-state index contributed by atoms with van der Waals surface area (Å²) in [6.07, 6.45) is 4.30. The molecule has 0 radical (unpaired) electrons. The maximum absolute atomic E-state index is 5.72. The number of furan rings is 1. The molecule has 1 aromatic rings. The van der Waals surface area contributed by atoms with E-state index in [2.05, 4.69) is 34.2 Å². The van der Waals surface area contributed by atoms with Crippen molar-refractivity contribution in [1.82, 2.24) is 5.32 Å². The van der Waals surface area contributed by atoms with Gasteiger partial charge in [0.2, 0.25) is 0 Å². The van der Waals surface area contributed by atoms with Crippen LogP contribution in [0.15, 0.2) is 21.2 Å². The minimum atomic E-state index is 0.437. The largest absolute Gasteiger partial charge is 0.453 e. The van der Waals surface area contributed by atoms with E-state index in [0.717, 1.165) is 34.7 Å². The first-order valence-corrected chi connectivity index (χ1v) is 7.09. The van der Waals surface area contributed by atoms with Crippen LogP contribution in [0.5, 0.6) is 0 Å². The van der Waals surface area contributed by atoms with Crippen LogP contribution in [0.4, 0.5) is 0 Å².